The van der Waals surface area contributed by atoms with Crippen molar-refractivity contribution in [2.24, 2.45) is 11.8 Å². The molecule has 0 aromatic carbocycles. The van der Waals surface area contributed by atoms with Crippen LogP contribution in [0.25, 0.3) is 0 Å². The molecule has 1 saturated carbocycles. The van der Waals surface area contributed by atoms with Gasteiger partial charge in [0, 0.05) is 7.11 Å². The monoisotopic (exact) mass is 279 g/mol. The van der Waals surface area contributed by atoms with Gasteiger partial charge in [0.2, 0.25) is 11.7 Å². The smallest absolute Gasteiger partial charge is 0.244 e. The fraction of sp³-hybridized carbons (Fsp3) is 0.867. The molecule has 20 heavy (non-hydrogen) atoms. The van der Waals surface area contributed by atoms with Crippen LogP contribution in [0.1, 0.15) is 63.7 Å². The molecule has 3 unspecified atom stereocenters. The Balaban J connectivity index is 1.83. The van der Waals surface area contributed by atoms with Gasteiger partial charge in [0.1, 0.15) is 5.60 Å². The topological polar surface area (TPSA) is 60.2 Å². The molecule has 112 valence electrons. The van der Waals surface area contributed by atoms with Gasteiger partial charge >= 0.3 is 0 Å². The van der Waals surface area contributed by atoms with Crippen molar-refractivity contribution in [2.75, 3.05) is 13.7 Å². The van der Waals surface area contributed by atoms with E-state index in [9.17, 15) is 0 Å². The van der Waals surface area contributed by atoms with Gasteiger partial charge in [-0.3, -0.25) is 0 Å². The number of aromatic nitrogens is 2. The Kier molecular flexibility index (Phi) is 3.82. The summed E-state index contributed by atoms with van der Waals surface area (Å²) in [6.45, 7) is 5.29. The molecule has 2 heterocycles. The Bertz CT molecular complexity index is 447. The average molecular weight is 279 g/mol. The van der Waals surface area contributed by atoms with Crippen LogP contribution in [0.2, 0.25) is 0 Å². The van der Waals surface area contributed by atoms with E-state index >= 15 is 0 Å². The average Bonchev–Trinajstić information content (AvgIpc) is 3.17. The zero-order valence-corrected chi connectivity index (χ0v) is 12.7. The zero-order valence-electron chi connectivity index (χ0n) is 12.7. The van der Waals surface area contributed by atoms with Crippen LogP contribution >= 0.6 is 0 Å². The molecular formula is C15H25N3O2. The van der Waals surface area contributed by atoms with E-state index in [0.29, 0.717) is 11.7 Å². The van der Waals surface area contributed by atoms with E-state index in [1.54, 1.807) is 7.11 Å². The fourth-order valence-corrected chi connectivity index (χ4v) is 3.95. The summed E-state index contributed by atoms with van der Waals surface area (Å²) in [5.74, 6) is 2.91. The van der Waals surface area contributed by atoms with Gasteiger partial charge in [0.05, 0.1) is 6.04 Å². The minimum atomic E-state index is -0.407. The first-order valence-electron chi connectivity index (χ1n) is 7.86. The highest BCUT2D eigenvalue weighted by Crippen LogP contribution is 2.44. The summed E-state index contributed by atoms with van der Waals surface area (Å²) in [5, 5.41) is 7.77. The van der Waals surface area contributed by atoms with E-state index in [4.69, 9.17) is 9.26 Å². The summed E-state index contributed by atoms with van der Waals surface area (Å²) < 4.78 is 11.2. The van der Waals surface area contributed by atoms with Crippen LogP contribution in [0.3, 0.4) is 0 Å². The lowest BCUT2D eigenvalue weighted by Gasteiger charge is -2.26. The van der Waals surface area contributed by atoms with Gasteiger partial charge in [-0.1, -0.05) is 25.4 Å². The highest BCUT2D eigenvalue weighted by molar-refractivity contribution is 5.07. The molecule has 5 nitrogen and oxygen atoms in total. The third-order valence-electron chi connectivity index (χ3n) is 5.39. The van der Waals surface area contributed by atoms with Crippen LogP contribution in [0.4, 0.5) is 0 Å². The lowest BCUT2D eigenvalue weighted by molar-refractivity contribution is -0.0306. The van der Waals surface area contributed by atoms with Gasteiger partial charge in [-0.05, 0) is 44.1 Å². The molecule has 1 saturated heterocycles. The highest BCUT2D eigenvalue weighted by atomic mass is 16.5. The van der Waals surface area contributed by atoms with Crippen molar-refractivity contribution in [2.45, 2.75) is 57.6 Å². The lowest BCUT2D eigenvalue weighted by atomic mass is 9.93. The number of nitrogens with one attached hydrogen (secondary N) is 1. The van der Waals surface area contributed by atoms with E-state index in [0.717, 1.165) is 31.2 Å². The van der Waals surface area contributed by atoms with Crippen molar-refractivity contribution >= 4 is 0 Å². The van der Waals surface area contributed by atoms with Crippen LogP contribution < -0.4 is 5.32 Å². The SMILES string of the molecule is CCC(CC)(OC)c1noc(C2NCC3CCCC32)n1. The highest BCUT2D eigenvalue weighted by Gasteiger charge is 2.43. The molecule has 1 aromatic heterocycles. The van der Waals surface area contributed by atoms with Crippen LogP contribution in [-0.4, -0.2) is 23.8 Å². The first kappa shape index (κ1) is 14.0. The number of fused-ring (bicyclic) bond motifs is 1. The maximum atomic E-state index is 5.68. The third kappa shape index (κ3) is 2.07. The normalized spacial score (nSPS) is 29.9. The molecule has 2 fully saturated rings. The van der Waals surface area contributed by atoms with Crippen molar-refractivity contribution in [3.8, 4) is 0 Å². The summed E-state index contributed by atoms with van der Waals surface area (Å²) in [7, 11) is 1.73. The standard InChI is InChI=1S/C15H25N3O2/c1-4-15(5-2,19-3)14-17-13(20-18-14)12-11-8-6-7-10(11)9-16-12/h10-12,16H,4-9H2,1-3H3. The van der Waals surface area contributed by atoms with Gasteiger partial charge in [0.15, 0.2) is 0 Å². The molecular weight excluding hydrogens is 254 g/mol. The molecule has 0 spiro atoms. The first-order chi connectivity index (χ1) is 9.74. The summed E-state index contributed by atoms with van der Waals surface area (Å²) in [6.07, 6.45) is 5.64. The van der Waals surface area contributed by atoms with Gasteiger partial charge in [-0.15, -0.1) is 0 Å². The molecule has 0 amide bonds. The Morgan fingerprint density at radius 1 is 1.35 bits per heavy atom. The predicted octanol–water partition coefficient (Wildman–Crippen LogP) is 2.79. The van der Waals surface area contributed by atoms with Crippen molar-refractivity contribution < 1.29 is 9.26 Å². The van der Waals surface area contributed by atoms with Gasteiger partial charge in [-0.25, -0.2) is 0 Å². The summed E-state index contributed by atoms with van der Waals surface area (Å²) in [6, 6.07) is 0.243. The Morgan fingerprint density at radius 3 is 2.85 bits per heavy atom. The molecule has 1 aliphatic carbocycles. The molecule has 0 radical (unpaired) electrons. The second-order valence-electron chi connectivity index (χ2n) is 6.10. The summed E-state index contributed by atoms with van der Waals surface area (Å²) in [4.78, 5) is 4.67. The number of nitrogens with zero attached hydrogens (tertiary/aromatic N) is 2. The zero-order chi connectivity index (χ0) is 14.2. The van der Waals surface area contributed by atoms with E-state index in [2.05, 4.69) is 29.3 Å². The number of hydrogen-bond acceptors (Lipinski definition) is 5. The van der Waals surface area contributed by atoms with Crippen LogP contribution in [-0.2, 0) is 10.3 Å². The fourth-order valence-electron chi connectivity index (χ4n) is 3.95. The molecule has 1 N–H and O–H groups in total. The second kappa shape index (κ2) is 5.45. The molecule has 3 atom stereocenters. The molecule has 0 bridgehead atoms. The first-order valence-corrected chi connectivity index (χ1v) is 7.86. The molecule has 1 aromatic rings. The Morgan fingerprint density at radius 2 is 2.15 bits per heavy atom. The molecule has 3 rings (SSSR count). The van der Waals surface area contributed by atoms with Gasteiger partial charge in [0.25, 0.3) is 0 Å². The van der Waals surface area contributed by atoms with E-state index < -0.39 is 5.60 Å². The number of methoxy groups -OCH3 is 1. The molecule has 1 aliphatic heterocycles. The summed E-state index contributed by atoms with van der Waals surface area (Å²) >= 11 is 0. The van der Waals surface area contributed by atoms with Crippen molar-refractivity contribution in [1.29, 1.82) is 0 Å². The minimum absolute atomic E-state index is 0.243. The minimum Gasteiger partial charge on any atom is -0.370 e. The third-order valence-corrected chi connectivity index (χ3v) is 5.39. The Labute approximate surface area is 120 Å². The summed E-state index contributed by atoms with van der Waals surface area (Å²) in [5.41, 5.74) is -0.407. The van der Waals surface area contributed by atoms with Gasteiger partial charge < -0.3 is 14.6 Å². The second-order valence-corrected chi connectivity index (χ2v) is 6.10. The van der Waals surface area contributed by atoms with E-state index in [-0.39, 0.29) is 6.04 Å². The predicted molar refractivity (Wildman–Crippen MR) is 75.1 cm³/mol. The van der Waals surface area contributed by atoms with Gasteiger partial charge in [-0.2, -0.15) is 4.98 Å². The van der Waals surface area contributed by atoms with E-state index in [1.807, 2.05) is 0 Å². The molecule has 2 aliphatic rings. The van der Waals surface area contributed by atoms with E-state index in [1.165, 1.54) is 19.3 Å². The maximum Gasteiger partial charge on any atom is 0.244 e. The quantitative estimate of drug-likeness (QED) is 0.898. The van der Waals surface area contributed by atoms with Crippen LogP contribution in [0.5, 0.6) is 0 Å². The van der Waals surface area contributed by atoms with Crippen molar-refractivity contribution in [3.05, 3.63) is 11.7 Å². The van der Waals surface area contributed by atoms with Crippen molar-refractivity contribution in [1.82, 2.24) is 15.5 Å². The van der Waals surface area contributed by atoms with Crippen LogP contribution in [0, 0.1) is 11.8 Å². The number of ether oxygens (including phenoxy) is 1. The maximum absolute atomic E-state index is 5.68. The van der Waals surface area contributed by atoms with Crippen molar-refractivity contribution in [3.63, 3.8) is 0 Å². The molecule has 5 heteroatoms. The lowest BCUT2D eigenvalue weighted by Crippen LogP contribution is -2.28. The largest absolute Gasteiger partial charge is 0.370 e. The Hall–Kier alpha value is -0.940. The number of rotatable bonds is 5. The van der Waals surface area contributed by atoms with Crippen LogP contribution in [0.15, 0.2) is 4.52 Å². The number of hydrogen-bond donors (Lipinski definition) is 1.